The highest BCUT2D eigenvalue weighted by atomic mass is 19.3. The van der Waals surface area contributed by atoms with Gasteiger partial charge in [-0.15, -0.1) is 0 Å². The monoisotopic (exact) mass is 333 g/mol. The number of hydrogen-bond donors (Lipinski definition) is 0. The van der Waals surface area contributed by atoms with Gasteiger partial charge in [0.2, 0.25) is 5.83 Å². The van der Waals surface area contributed by atoms with Gasteiger partial charge in [0.05, 0.1) is 16.1 Å². The number of hydrogen-bond acceptors (Lipinski definition) is 2. The van der Waals surface area contributed by atoms with E-state index < -0.39 is 62.4 Å². The zero-order valence-corrected chi connectivity index (χ0v) is 10.3. The summed E-state index contributed by atoms with van der Waals surface area (Å²) in [6.45, 7) is 0.390. The lowest BCUT2D eigenvalue weighted by Crippen LogP contribution is -2.42. The average Bonchev–Trinajstić information content (AvgIpc) is 2.44. The van der Waals surface area contributed by atoms with E-state index in [1.807, 2.05) is 0 Å². The van der Waals surface area contributed by atoms with E-state index in [1.165, 1.54) is 0 Å². The van der Waals surface area contributed by atoms with Crippen LogP contribution in [0.1, 0.15) is 16.7 Å². The second kappa shape index (κ2) is 4.40. The van der Waals surface area contributed by atoms with Crippen molar-refractivity contribution in [1.29, 1.82) is 0 Å². The topological polar surface area (TPSA) is 43.1 Å². The quantitative estimate of drug-likeness (QED) is 0.256. The summed E-state index contributed by atoms with van der Waals surface area (Å²) in [7, 11) is 0. The molecule has 0 spiro atoms. The molecule has 11 heteroatoms. The molecule has 1 aliphatic rings. The molecule has 3 nitrogen and oxygen atoms in total. The van der Waals surface area contributed by atoms with Crippen LogP contribution in [0.15, 0.2) is 11.7 Å². The van der Waals surface area contributed by atoms with Crippen LogP contribution in [-0.2, 0) is 11.7 Å². The minimum absolute atomic E-state index is 0.390. The fourth-order valence-corrected chi connectivity index (χ4v) is 2.16. The van der Waals surface area contributed by atoms with Gasteiger partial charge in [-0.05, 0) is 6.92 Å². The van der Waals surface area contributed by atoms with Gasteiger partial charge in [0, 0.05) is 5.56 Å². The van der Waals surface area contributed by atoms with Crippen LogP contribution >= 0.6 is 0 Å². The zero-order chi connectivity index (χ0) is 17.2. The highest BCUT2D eigenvalue weighted by molar-refractivity contribution is 5.51. The van der Waals surface area contributed by atoms with E-state index in [0.717, 1.165) is 0 Å². The fraction of sp³-hybridized carbons (Fsp3) is 0.273. The molecule has 0 radical (unpaired) electrons. The van der Waals surface area contributed by atoms with E-state index in [9.17, 15) is 45.2 Å². The molecule has 0 bridgehead atoms. The summed E-state index contributed by atoms with van der Waals surface area (Å²) in [5.74, 6) is -24.0. The van der Waals surface area contributed by atoms with Crippen molar-refractivity contribution in [3.8, 4) is 0 Å². The Labute approximate surface area is 116 Å². The van der Waals surface area contributed by atoms with Crippen molar-refractivity contribution in [1.82, 2.24) is 0 Å². The smallest absolute Gasteiger partial charge is 0.261 e. The van der Waals surface area contributed by atoms with Gasteiger partial charge >= 0.3 is 11.7 Å². The predicted octanol–water partition coefficient (Wildman–Crippen LogP) is 4.07. The average molecular weight is 333 g/mol. The van der Waals surface area contributed by atoms with Crippen molar-refractivity contribution in [2.24, 2.45) is 0 Å². The Balaban J connectivity index is 3.13. The highest BCUT2D eigenvalue weighted by Gasteiger charge is 2.66. The van der Waals surface area contributed by atoms with E-state index in [0.29, 0.717) is 6.92 Å². The number of halogens is 8. The zero-order valence-electron chi connectivity index (χ0n) is 10.3. The summed E-state index contributed by atoms with van der Waals surface area (Å²) in [5, 5.41) is 10.7. The molecule has 0 saturated carbocycles. The highest BCUT2D eigenvalue weighted by Crippen LogP contribution is 2.55. The van der Waals surface area contributed by atoms with E-state index in [-0.39, 0.29) is 0 Å². The Kier molecular flexibility index (Phi) is 3.23. The van der Waals surface area contributed by atoms with Gasteiger partial charge in [0.1, 0.15) is 0 Å². The van der Waals surface area contributed by atoms with Crippen molar-refractivity contribution >= 4 is 0 Å². The van der Waals surface area contributed by atoms with Gasteiger partial charge in [-0.2, -0.15) is 17.6 Å². The standard InChI is InChI=1S/C11H3F8NO2/c1-2-3-4(6(13)7(14)5(2)12)10(17,18)8(15)9(16)11(3,19)20(21)22/h1H3. The summed E-state index contributed by atoms with van der Waals surface area (Å²) in [6, 6.07) is 0. The van der Waals surface area contributed by atoms with Crippen LogP contribution in [0.3, 0.4) is 0 Å². The van der Waals surface area contributed by atoms with Crippen LogP contribution in [0.2, 0.25) is 0 Å². The van der Waals surface area contributed by atoms with Gasteiger partial charge in [-0.25, -0.2) is 17.6 Å². The number of nitro groups is 1. The summed E-state index contributed by atoms with van der Waals surface area (Å²) >= 11 is 0. The fourth-order valence-electron chi connectivity index (χ4n) is 2.16. The lowest BCUT2D eigenvalue weighted by Gasteiger charge is -2.30. The molecule has 1 aliphatic carbocycles. The number of nitrogens with zero attached hydrogens (tertiary/aromatic N) is 1. The van der Waals surface area contributed by atoms with E-state index in [2.05, 4.69) is 0 Å². The Hall–Kier alpha value is -2.20. The third-order valence-corrected chi connectivity index (χ3v) is 3.22. The second-order valence-electron chi connectivity index (χ2n) is 4.40. The van der Waals surface area contributed by atoms with Crippen LogP contribution in [0.4, 0.5) is 35.1 Å². The Bertz CT molecular complexity index is 744. The van der Waals surface area contributed by atoms with Crippen LogP contribution < -0.4 is 0 Å². The van der Waals surface area contributed by atoms with Gasteiger partial charge < -0.3 is 0 Å². The van der Waals surface area contributed by atoms with Crippen LogP contribution in [-0.4, -0.2) is 4.92 Å². The number of benzene rings is 1. The molecule has 0 aliphatic heterocycles. The van der Waals surface area contributed by atoms with E-state index in [1.54, 1.807) is 0 Å². The maximum atomic E-state index is 14.3. The molecule has 2 rings (SSSR count). The number of alkyl halides is 3. The molecular weight excluding hydrogens is 330 g/mol. The normalized spacial score (nSPS) is 23.5. The van der Waals surface area contributed by atoms with Gasteiger partial charge in [0.25, 0.3) is 5.83 Å². The molecule has 0 fully saturated rings. The largest absolute Gasteiger partial charge is 0.440 e. The molecule has 1 unspecified atom stereocenters. The van der Waals surface area contributed by atoms with Crippen LogP contribution in [0.25, 0.3) is 0 Å². The molecule has 1 aromatic carbocycles. The Morgan fingerprint density at radius 3 is 1.82 bits per heavy atom. The first kappa shape index (κ1) is 16.2. The molecular formula is C11H3F8NO2. The summed E-state index contributed by atoms with van der Waals surface area (Å²) in [5.41, 5.74) is -6.05. The minimum atomic E-state index is -5.24. The van der Waals surface area contributed by atoms with E-state index in [4.69, 9.17) is 0 Å². The molecule has 1 aromatic rings. The van der Waals surface area contributed by atoms with Gasteiger partial charge in [0.15, 0.2) is 17.5 Å². The molecule has 120 valence electrons. The lowest BCUT2D eigenvalue weighted by atomic mass is 9.83. The lowest BCUT2D eigenvalue weighted by molar-refractivity contribution is -0.608. The Morgan fingerprint density at radius 2 is 1.36 bits per heavy atom. The number of fused-ring (bicyclic) bond motifs is 1. The molecule has 0 saturated heterocycles. The van der Waals surface area contributed by atoms with Crippen LogP contribution in [0.5, 0.6) is 0 Å². The van der Waals surface area contributed by atoms with Crippen LogP contribution in [0, 0.1) is 34.5 Å². The first-order chi connectivity index (χ1) is 9.90. The third-order valence-electron chi connectivity index (χ3n) is 3.22. The first-order valence-corrected chi connectivity index (χ1v) is 5.35. The second-order valence-corrected chi connectivity index (χ2v) is 4.40. The molecule has 0 amide bonds. The van der Waals surface area contributed by atoms with Crippen molar-refractivity contribution in [3.63, 3.8) is 0 Å². The van der Waals surface area contributed by atoms with Gasteiger partial charge in [-0.3, -0.25) is 10.1 Å². The predicted molar refractivity (Wildman–Crippen MR) is 54.0 cm³/mol. The molecule has 0 N–H and O–H groups in total. The molecule has 22 heavy (non-hydrogen) atoms. The number of allylic oxidation sites excluding steroid dienone is 1. The SMILES string of the molecule is Cc1c(F)c(F)c(F)c2c1C(F)([N+](=O)[O-])C(F)=C(F)C2(F)F. The minimum Gasteiger partial charge on any atom is -0.261 e. The maximum Gasteiger partial charge on any atom is 0.440 e. The Morgan fingerprint density at radius 1 is 0.864 bits per heavy atom. The number of rotatable bonds is 1. The van der Waals surface area contributed by atoms with Crippen molar-refractivity contribution < 1.29 is 40.0 Å². The van der Waals surface area contributed by atoms with Crippen molar-refractivity contribution in [2.45, 2.75) is 18.6 Å². The first-order valence-electron chi connectivity index (χ1n) is 5.35. The van der Waals surface area contributed by atoms with Crippen molar-refractivity contribution in [3.05, 3.63) is 55.9 Å². The molecule has 0 aromatic heterocycles. The summed E-state index contributed by atoms with van der Waals surface area (Å²) in [6.07, 6.45) is 0. The van der Waals surface area contributed by atoms with Gasteiger partial charge in [-0.1, -0.05) is 0 Å². The van der Waals surface area contributed by atoms with Crippen molar-refractivity contribution in [2.75, 3.05) is 0 Å². The van der Waals surface area contributed by atoms with E-state index >= 15 is 0 Å². The molecule has 0 heterocycles. The third kappa shape index (κ3) is 1.61. The molecule has 1 atom stereocenters. The summed E-state index contributed by atoms with van der Waals surface area (Å²) in [4.78, 5) is 8.49. The summed E-state index contributed by atoms with van der Waals surface area (Å²) < 4.78 is 108. The maximum absolute atomic E-state index is 14.3.